The first-order chi connectivity index (χ1) is 12.4. The molecule has 0 atom stereocenters. The summed E-state index contributed by atoms with van der Waals surface area (Å²) in [6, 6.07) is 7.77. The fourth-order valence-corrected chi connectivity index (χ4v) is 4.94. The van der Waals surface area contributed by atoms with Crippen molar-refractivity contribution in [3.05, 3.63) is 64.4 Å². The third-order valence-electron chi connectivity index (χ3n) is 4.71. The zero-order valence-corrected chi connectivity index (χ0v) is 17.6. The summed E-state index contributed by atoms with van der Waals surface area (Å²) in [6.07, 6.45) is 6.28. The third kappa shape index (κ3) is 4.76. The maximum Gasteiger partial charge on any atom is 0.0557 e. The van der Waals surface area contributed by atoms with Gasteiger partial charge in [-0.15, -0.1) is 11.8 Å². The summed E-state index contributed by atoms with van der Waals surface area (Å²) in [7, 11) is 0. The summed E-state index contributed by atoms with van der Waals surface area (Å²) < 4.78 is 0. The summed E-state index contributed by atoms with van der Waals surface area (Å²) >= 11 is 14.2. The highest BCUT2D eigenvalue weighted by Gasteiger charge is 2.27. The van der Waals surface area contributed by atoms with Gasteiger partial charge in [-0.25, -0.2) is 0 Å². The zero-order valence-electron chi connectivity index (χ0n) is 15.3. The summed E-state index contributed by atoms with van der Waals surface area (Å²) in [5, 5.41) is 1.37. The molecule has 1 aliphatic heterocycles. The van der Waals surface area contributed by atoms with Crippen LogP contribution in [0.2, 0.25) is 10.0 Å². The van der Waals surface area contributed by atoms with E-state index in [1.54, 1.807) is 11.8 Å². The van der Waals surface area contributed by atoms with Gasteiger partial charge in [-0.1, -0.05) is 49.7 Å². The van der Waals surface area contributed by atoms with Crippen LogP contribution in [0.5, 0.6) is 0 Å². The van der Waals surface area contributed by atoms with Crippen molar-refractivity contribution in [2.24, 2.45) is 5.41 Å². The van der Waals surface area contributed by atoms with E-state index in [0.29, 0.717) is 15.5 Å². The lowest BCUT2D eigenvalue weighted by atomic mass is 9.84. The van der Waals surface area contributed by atoms with E-state index < -0.39 is 0 Å². The standard InChI is InChI=1S/C21H24Cl2N2S/c1-15(25-9-5-8-21(2,3)14-25)17-10-16(11-24-12-17)13-26-20-18(22)6-4-7-19(20)23/h4,6-7,10-12H,1,5,8-9,13-14H2,2-3H3. The molecule has 1 aromatic carbocycles. The number of benzene rings is 1. The van der Waals surface area contributed by atoms with E-state index in [4.69, 9.17) is 23.2 Å². The Kier molecular flexibility index (Phi) is 6.21. The Bertz CT molecular complexity index is 784. The molecule has 1 fully saturated rings. The number of hydrogen-bond acceptors (Lipinski definition) is 3. The molecular formula is C21H24Cl2N2S. The molecule has 5 heteroatoms. The van der Waals surface area contributed by atoms with Gasteiger partial charge in [-0.3, -0.25) is 4.98 Å². The smallest absolute Gasteiger partial charge is 0.0557 e. The molecule has 0 bridgehead atoms. The molecule has 26 heavy (non-hydrogen) atoms. The zero-order chi connectivity index (χ0) is 18.7. The van der Waals surface area contributed by atoms with Gasteiger partial charge in [0.25, 0.3) is 0 Å². The molecule has 0 spiro atoms. The predicted octanol–water partition coefficient (Wildman–Crippen LogP) is 6.77. The van der Waals surface area contributed by atoms with Gasteiger partial charge < -0.3 is 4.90 Å². The maximum atomic E-state index is 6.26. The van der Waals surface area contributed by atoms with Gasteiger partial charge in [-0.05, 0) is 42.0 Å². The Morgan fingerprint density at radius 2 is 2.00 bits per heavy atom. The Hall–Kier alpha value is -1.16. The molecule has 0 radical (unpaired) electrons. The Balaban J connectivity index is 1.71. The second kappa shape index (κ2) is 8.24. The number of rotatable bonds is 5. The predicted molar refractivity (Wildman–Crippen MR) is 114 cm³/mol. The van der Waals surface area contributed by atoms with Crippen LogP contribution in [0.4, 0.5) is 0 Å². The van der Waals surface area contributed by atoms with E-state index in [-0.39, 0.29) is 0 Å². The summed E-state index contributed by atoms with van der Waals surface area (Å²) in [4.78, 5) is 7.73. The van der Waals surface area contributed by atoms with Gasteiger partial charge in [0.2, 0.25) is 0 Å². The van der Waals surface area contributed by atoms with Gasteiger partial charge in [-0.2, -0.15) is 0 Å². The summed E-state index contributed by atoms with van der Waals surface area (Å²) in [6.45, 7) is 11.1. The van der Waals surface area contributed by atoms with Crippen LogP contribution in [0.3, 0.4) is 0 Å². The molecule has 2 heterocycles. The van der Waals surface area contributed by atoms with Crippen LogP contribution in [0.1, 0.15) is 37.8 Å². The molecule has 138 valence electrons. The van der Waals surface area contributed by atoms with Crippen molar-refractivity contribution in [1.82, 2.24) is 9.88 Å². The number of piperidine rings is 1. The van der Waals surface area contributed by atoms with Crippen LogP contribution < -0.4 is 0 Å². The lowest BCUT2D eigenvalue weighted by Gasteiger charge is -2.40. The molecule has 3 rings (SSSR count). The molecule has 0 amide bonds. The number of aromatic nitrogens is 1. The molecule has 2 aromatic rings. The minimum Gasteiger partial charge on any atom is -0.371 e. The SMILES string of the molecule is C=C(c1cncc(CSc2c(Cl)cccc2Cl)c1)N1CCCC(C)(C)C1. The van der Waals surface area contributed by atoms with E-state index in [0.717, 1.165) is 40.6 Å². The summed E-state index contributed by atoms with van der Waals surface area (Å²) in [5.41, 5.74) is 3.63. The number of halogens is 2. The van der Waals surface area contributed by atoms with Gasteiger partial charge >= 0.3 is 0 Å². The van der Waals surface area contributed by atoms with E-state index in [1.807, 2.05) is 30.6 Å². The van der Waals surface area contributed by atoms with E-state index >= 15 is 0 Å². The second-order valence-corrected chi connectivity index (χ2v) is 9.36. The highest BCUT2D eigenvalue weighted by molar-refractivity contribution is 7.98. The largest absolute Gasteiger partial charge is 0.371 e. The maximum absolute atomic E-state index is 6.26. The Morgan fingerprint density at radius 3 is 2.69 bits per heavy atom. The number of thioether (sulfide) groups is 1. The summed E-state index contributed by atoms with van der Waals surface area (Å²) in [5.74, 6) is 0.767. The van der Waals surface area contributed by atoms with Crippen LogP contribution in [-0.2, 0) is 5.75 Å². The second-order valence-electron chi connectivity index (χ2n) is 7.56. The first-order valence-corrected chi connectivity index (χ1v) is 10.5. The van der Waals surface area contributed by atoms with Crippen molar-refractivity contribution >= 4 is 40.7 Å². The first kappa shape index (κ1) is 19.6. The Labute approximate surface area is 170 Å². The van der Waals surface area contributed by atoms with Gasteiger partial charge in [0.05, 0.1) is 10.0 Å². The fraction of sp³-hybridized carbons (Fsp3) is 0.381. The molecule has 0 unspecified atom stereocenters. The highest BCUT2D eigenvalue weighted by atomic mass is 35.5. The van der Waals surface area contributed by atoms with Crippen LogP contribution in [-0.4, -0.2) is 23.0 Å². The van der Waals surface area contributed by atoms with Crippen molar-refractivity contribution in [3.8, 4) is 0 Å². The average molecular weight is 407 g/mol. The third-order valence-corrected chi connectivity index (χ3v) is 6.77. The van der Waals surface area contributed by atoms with E-state index in [2.05, 4.69) is 36.4 Å². The van der Waals surface area contributed by atoms with Crippen LogP contribution in [0.15, 0.2) is 48.1 Å². The highest BCUT2D eigenvalue weighted by Crippen LogP contribution is 2.36. The quantitative estimate of drug-likeness (QED) is 0.509. The fourth-order valence-electron chi connectivity index (χ4n) is 3.34. The van der Waals surface area contributed by atoms with Gasteiger partial charge in [0, 0.05) is 47.4 Å². The van der Waals surface area contributed by atoms with Crippen LogP contribution in [0, 0.1) is 5.41 Å². The number of likely N-dealkylation sites (tertiary alicyclic amines) is 1. The lowest BCUT2D eigenvalue weighted by Crippen LogP contribution is -2.38. The molecule has 2 nitrogen and oxygen atoms in total. The van der Waals surface area contributed by atoms with Crippen molar-refractivity contribution in [3.63, 3.8) is 0 Å². The number of hydrogen-bond donors (Lipinski definition) is 0. The number of pyridine rings is 1. The lowest BCUT2D eigenvalue weighted by molar-refractivity contribution is 0.170. The monoisotopic (exact) mass is 406 g/mol. The molecule has 1 aromatic heterocycles. The first-order valence-electron chi connectivity index (χ1n) is 8.81. The molecule has 0 N–H and O–H groups in total. The van der Waals surface area contributed by atoms with E-state index in [1.165, 1.54) is 12.8 Å². The minimum absolute atomic E-state index is 0.336. The minimum atomic E-state index is 0.336. The van der Waals surface area contributed by atoms with Crippen LogP contribution in [0.25, 0.3) is 5.70 Å². The van der Waals surface area contributed by atoms with Gasteiger partial charge in [0.15, 0.2) is 0 Å². The van der Waals surface area contributed by atoms with Crippen molar-refractivity contribution in [2.45, 2.75) is 37.3 Å². The van der Waals surface area contributed by atoms with Gasteiger partial charge in [0.1, 0.15) is 0 Å². The van der Waals surface area contributed by atoms with Crippen molar-refractivity contribution in [2.75, 3.05) is 13.1 Å². The molecular weight excluding hydrogens is 383 g/mol. The normalized spacial score (nSPS) is 16.5. The molecule has 1 saturated heterocycles. The van der Waals surface area contributed by atoms with Crippen molar-refractivity contribution < 1.29 is 0 Å². The van der Waals surface area contributed by atoms with Crippen molar-refractivity contribution in [1.29, 1.82) is 0 Å². The van der Waals surface area contributed by atoms with Crippen LogP contribution >= 0.6 is 35.0 Å². The Morgan fingerprint density at radius 1 is 1.27 bits per heavy atom. The molecule has 0 aliphatic carbocycles. The molecule has 1 aliphatic rings. The van der Waals surface area contributed by atoms with E-state index in [9.17, 15) is 0 Å². The topological polar surface area (TPSA) is 16.1 Å². The number of nitrogens with zero attached hydrogens (tertiary/aromatic N) is 2. The molecule has 0 saturated carbocycles. The average Bonchev–Trinajstić information content (AvgIpc) is 2.60.